The Bertz CT molecular complexity index is 475. The molecule has 1 aliphatic rings. The first kappa shape index (κ1) is 14.5. The van der Waals surface area contributed by atoms with Crippen LogP contribution in [0.5, 0.6) is 0 Å². The monoisotopic (exact) mass is 276 g/mol. The lowest BCUT2D eigenvalue weighted by atomic mass is 10.1. The van der Waals surface area contributed by atoms with E-state index in [0.29, 0.717) is 11.6 Å². The fourth-order valence-corrected chi connectivity index (χ4v) is 2.55. The number of carboxylic acids is 1. The average Bonchev–Trinajstić information content (AvgIpc) is 2.82. The van der Waals surface area contributed by atoms with Crippen LogP contribution in [0.1, 0.15) is 31.4 Å². The first-order valence-electron chi connectivity index (χ1n) is 6.89. The van der Waals surface area contributed by atoms with Crippen LogP contribution in [-0.2, 0) is 9.59 Å². The second kappa shape index (κ2) is 6.52. The summed E-state index contributed by atoms with van der Waals surface area (Å²) < 4.78 is 0. The van der Waals surface area contributed by atoms with Gasteiger partial charge in [-0.15, -0.1) is 0 Å². The molecule has 1 saturated heterocycles. The summed E-state index contributed by atoms with van der Waals surface area (Å²) in [6, 6.07) is 8.16. The van der Waals surface area contributed by atoms with E-state index in [1.54, 1.807) is 24.3 Å². The van der Waals surface area contributed by atoms with Gasteiger partial charge in [-0.2, -0.15) is 0 Å². The van der Waals surface area contributed by atoms with Gasteiger partial charge in [0, 0.05) is 6.04 Å². The van der Waals surface area contributed by atoms with Crippen molar-refractivity contribution in [2.75, 3.05) is 13.1 Å². The van der Waals surface area contributed by atoms with Crippen molar-refractivity contribution in [2.45, 2.75) is 31.8 Å². The maximum absolute atomic E-state index is 12.0. The number of amides is 1. The molecule has 2 N–H and O–H groups in total. The van der Waals surface area contributed by atoms with E-state index in [0.717, 1.165) is 19.4 Å². The van der Waals surface area contributed by atoms with Crippen molar-refractivity contribution in [1.29, 1.82) is 0 Å². The zero-order valence-electron chi connectivity index (χ0n) is 11.6. The highest BCUT2D eigenvalue weighted by Crippen LogP contribution is 2.16. The Morgan fingerprint density at radius 2 is 2.10 bits per heavy atom. The van der Waals surface area contributed by atoms with E-state index in [2.05, 4.69) is 17.1 Å². The topological polar surface area (TPSA) is 69.6 Å². The van der Waals surface area contributed by atoms with Gasteiger partial charge in [0.15, 0.2) is 6.04 Å². The first-order chi connectivity index (χ1) is 9.58. The van der Waals surface area contributed by atoms with Crippen LogP contribution in [0, 0.1) is 0 Å². The Kier molecular flexibility index (Phi) is 4.74. The molecule has 5 nitrogen and oxygen atoms in total. The van der Waals surface area contributed by atoms with Crippen LogP contribution < -0.4 is 5.32 Å². The number of carbonyl (C=O) groups is 2. The summed E-state index contributed by atoms with van der Waals surface area (Å²) in [4.78, 5) is 25.4. The number of hydrogen-bond acceptors (Lipinski definition) is 3. The molecule has 20 heavy (non-hydrogen) atoms. The third-order valence-corrected chi connectivity index (χ3v) is 3.72. The molecule has 0 aliphatic carbocycles. The summed E-state index contributed by atoms with van der Waals surface area (Å²) in [7, 11) is 0. The van der Waals surface area contributed by atoms with Crippen LogP contribution in [0.3, 0.4) is 0 Å². The predicted octanol–water partition coefficient (Wildman–Crippen LogP) is 1.41. The minimum atomic E-state index is -1.04. The second-order valence-electron chi connectivity index (χ2n) is 5.21. The molecule has 0 saturated carbocycles. The number of rotatable bonds is 5. The Balaban J connectivity index is 1.98. The highest BCUT2D eigenvalue weighted by atomic mass is 16.4. The number of aliphatic carboxylic acids is 1. The molecular weight excluding hydrogens is 256 g/mol. The normalized spacial score (nSPS) is 20.6. The van der Waals surface area contributed by atoms with Crippen molar-refractivity contribution in [2.24, 2.45) is 0 Å². The van der Waals surface area contributed by atoms with E-state index >= 15 is 0 Å². The molecule has 0 bridgehead atoms. The number of nitrogens with zero attached hydrogens (tertiary/aromatic N) is 1. The van der Waals surface area contributed by atoms with Crippen LogP contribution in [0.15, 0.2) is 30.3 Å². The molecule has 1 aliphatic heterocycles. The van der Waals surface area contributed by atoms with Gasteiger partial charge in [0.2, 0.25) is 5.91 Å². The van der Waals surface area contributed by atoms with E-state index in [-0.39, 0.29) is 12.5 Å². The first-order valence-corrected chi connectivity index (χ1v) is 6.89. The van der Waals surface area contributed by atoms with Crippen LogP contribution >= 0.6 is 0 Å². The molecule has 1 aromatic rings. The van der Waals surface area contributed by atoms with E-state index in [1.807, 2.05) is 6.07 Å². The molecule has 0 radical (unpaired) electrons. The molecule has 0 aromatic heterocycles. The van der Waals surface area contributed by atoms with Gasteiger partial charge in [0.1, 0.15) is 0 Å². The molecule has 5 heteroatoms. The number of carbonyl (C=O) groups excluding carboxylic acids is 1. The molecule has 2 atom stereocenters. The maximum atomic E-state index is 12.0. The van der Waals surface area contributed by atoms with Gasteiger partial charge in [0.25, 0.3) is 0 Å². The smallest absolute Gasteiger partial charge is 0.330 e. The van der Waals surface area contributed by atoms with Crippen molar-refractivity contribution in [3.63, 3.8) is 0 Å². The molecule has 0 spiro atoms. The van der Waals surface area contributed by atoms with E-state index < -0.39 is 12.0 Å². The molecular formula is C15H20N2O3. The van der Waals surface area contributed by atoms with Crippen LogP contribution in [0.25, 0.3) is 0 Å². The third kappa shape index (κ3) is 3.57. The second-order valence-corrected chi connectivity index (χ2v) is 5.21. The Labute approximate surface area is 118 Å². The number of benzene rings is 1. The Hall–Kier alpha value is -1.88. The van der Waals surface area contributed by atoms with Gasteiger partial charge < -0.3 is 10.4 Å². The van der Waals surface area contributed by atoms with Crippen molar-refractivity contribution in [3.8, 4) is 0 Å². The minimum absolute atomic E-state index is 0.241. The van der Waals surface area contributed by atoms with E-state index in [4.69, 9.17) is 0 Å². The molecule has 1 aromatic carbocycles. The third-order valence-electron chi connectivity index (χ3n) is 3.72. The zero-order valence-corrected chi connectivity index (χ0v) is 11.6. The molecule has 2 rings (SSSR count). The lowest BCUT2D eigenvalue weighted by Gasteiger charge is -2.22. The lowest BCUT2D eigenvalue weighted by Crippen LogP contribution is -2.42. The van der Waals surface area contributed by atoms with Gasteiger partial charge in [-0.1, -0.05) is 30.3 Å². The highest BCUT2D eigenvalue weighted by molar-refractivity contribution is 5.85. The maximum Gasteiger partial charge on any atom is 0.330 e. The number of carboxylic acid groups (broad SMARTS) is 1. The standard InChI is InChI=1S/C15H20N2O3/c1-11-6-5-9-17(11)10-13(18)16-14(15(19)20)12-7-3-2-4-8-12/h2-4,7-8,11,14H,5-6,9-10H2,1H3,(H,16,18)(H,19,20)/t11-,14+/m1/s1. The van der Waals surface area contributed by atoms with Gasteiger partial charge in [-0.3, -0.25) is 9.69 Å². The Morgan fingerprint density at radius 3 is 2.65 bits per heavy atom. The number of nitrogens with one attached hydrogen (secondary N) is 1. The van der Waals surface area contributed by atoms with Crippen LogP contribution in [0.4, 0.5) is 0 Å². The lowest BCUT2D eigenvalue weighted by molar-refractivity contribution is -0.142. The van der Waals surface area contributed by atoms with Crippen LogP contribution in [-0.4, -0.2) is 41.0 Å². The summed E-state index contributed by atoms with van der Waals surface area (Å²) in [5.41, 5.74) is 0.586. The zero-order chi connectivity index (χ0) is 14.5. The van der Waals surface area contributed by atoms with Crippen molar-refractivity contribution >= 4 is 11.9 Å². The van der Waals surface area contributed by atoms with Gasteiger partial charge in [-0.05, 0) is 31.9 Å². The molecule has 1 fully saturated rings. The van der Waals surface area contributed by atoms with Crippen molar-refractivity contribution in [1.82, 2.24) is 10.2 Å². The van der Waals surface area contributed by atoms with E-state index in [1.165, 1.54) is 0 Å². The SMILES string of the molecule is C[C@@H]1CCCN1CC(=O)N[C@H](C(=O)O)c1ccccc1. The van der Waals surface area contributed by atoms with Crippen LogP contribution in [0.2, 0.25) is 0 Å². The fraction of sp³-hybridized carbons (Fsp3) is 0.467. The summed E-state index contributed by atoms with van der Waals surface area (Å²) >= 11 is 0. The molecule has 108 valence electrons. The summed E-state index contributed by atoms with van der Waals surface area (Å²) in [6.45, 7) is 3.25. The number of likely N-dealkylation sites (tertiary alicyclic amines) is 1. The molecule has 1 amide bonds. The summed E-state index contributed by atoms with van der Waals surface area (Å²) in [5, 5.41) is 11.9. The average molecular weight is 276 g/mol. The largest absolute Gasteiger partial charge is 0.479 e. The van der Waals surface area contributed by atoms with Crippen molar-refractivity contribution < 1.29 is 14.7 Å². The summed E-state index contributed by atoms with van der Waals surface area (Å²) in [5.74, 6) is -1.28. The van der Waals surface area contributed by atoms with Crippen molar-refractivity contribution in [3.05, 3.63) is 35.9 Å². The highest BCUT2D eigenvalue weighted by Gasteiger charge is 2.26. The van der Waals surface area contributed by atoms with Gasteiger partial charge in [-0.25, -0.2) is 4.79 Å². The van der Waals surface area contributed by atoms with E-state index in [9.17, 15) is 14.7 Å². The molecule has 1 heterocycles. The quantitative estimate of drug-likeness (QED) is 0.853. The van der Waals surface area contributed by atoms with Gasteiger partial charge >= 0.3 is 5.97 Å². The molecule has 0 unspecified atom stereocenters. The Morgan fingerprint density at radius 1 is 1.40 bits per heavy atom. The minimum Gasteiger partial charge on any atom is -0.479 e. The van der Waals surface area contributed by atoms with Gasteiger partial charge in [0.05, 0.1) is 6.54 Å². The fourth-order valence-electron chi connectivity index (χ4n) is 2.55. The predicted molar refractivity (Wildman–Crippen MR) is 75.2 cm³/mol. The number of hydrogen-bond donors (Lipinski definition) is 2. The summed E-state index contributed by atoms with van der Waals surface area (Å²) in [6.07, 6.45) is 2.18.